The second-order valence-corrected chi connectivity index (χ2v) is 5.42. The number of nitro groups is 1. The number of alkyl halides is 3. The molecule has 0 spiro atoms. The van der Waals surface area contributed by atoms with Gasteiger partial charge in [-0.15, -0.1) is 13.2 Å². The van der Waals surface area contributed by atoms with Gasteiger partial charge in [-0.25, -0.2) is 4.79 Å². The van der Waals surface area contributed by atoms with E-state index in [0.717, 1.165) is 24.3 Å². The molecule has 0 bridgehead atoms. The Morgan fingerprint density at radius 2 is 1.79 bits per heavy atom. The molecule has 148 valence electrons. The molecular formula is C17H13F3N2O6. The number of para-hydroxylation sites is 1. The largest absolute Gasteiger partial charge is 0.573 e. The van der Waals surface area contributed by atoms with E-state index < -0.39 is 41.2 Å². The fourth-order valence-corrected chi connectivity index (χ4v) is 2.21. The maximum absolute atomic E-state index is 12.1. The van der Waals surface area contributed by atoms with Crippen molar-refractivity contribution in [1.82, 2.24) is 0 Å². The van der Waals surface area contributed by atoms with Crippen LogP contribution < -0.4 is 10.1 Å². The predicted octanol–water partition coefficient (Wildman–Crippen LogP) is 3.60. The van der Waals surface area contributed by atoms with E-state index in [4.69, 9.17) is 4.74 Å². The van der Waals surface area contributed by atoms with Crippen molar-refractivity contribution in [2.45, 2.75) is 13.3 Å². The number of benzene rings is 2. The van der Waals surface area contributed by atoms with E-state index in [1.165, 1.54) is 25.1 Å². The van der Waals surface area contributed by atoms with Crippen LogP contribution in [0.25, 0.3) is 0 Å². The molecule has 1 amide bonds. The van der Waals surface area contributed by atoms with Gasteiger partial charge in [0.15, 0.2) is 6.61 Å². The van der Waals surface area contributed by atoms with Crippen LogP contribution in [0, 0.1) is 17.0 Å². The Balaban J connectivity index is 1.95. The van der Waals surface area contributed by atoms with E-state index in [0.29, 0.717) is 0 Å². The van der Waals surface area contributed by atoms with Gasteiger partial charge in [0.25, 0.3) is 11.6 Å². The zero-order valence-electron chi connectivity index (χ0n) is 14.3. The molecule has 0 saturated heterocycles. The molecule has 0 radical (unpaired) electrons. The molecular weight excluding hydrogens is 385 g/mol. The summed E-state index contributed by atoms with van der Waals surface area (Å²) in [5.74, 6) is -2.31. The van der Waals surface area contributed by atoms with E-state index in [2.05, 4.69) is 10.1 Å². The van der Waals surface area contributed by atoms with Crippen molar-refractivity contribution in [2.24, 2.45) is 0 Å². The van der Waals surface area contributed by atoms with Gasteiger partial charge in [0, 0.05) is 11.3 Å². The van der Waals surface area contributed by atoms with Gasteiger partial charge in [-0.1, -0.05) is 12.1 Å². The summed E-state index contributed by atoms with van der Waals surface area (Å²) in [5.41, 5.74) is -0.332. The summed E-state index contributed by atoms with van der Waals surface area (Å²) in [5, 5.41) is 13.4. The van der Waals surface area contributed by atoms with Crippen LogP contribution in [-0.4, -0.2) is 29.8 Å². The van der Waals surface area contributed by atoms with E-state index in [-0.39, 0.29) is 16.8 Å². The third-order valence-electron chi connectivity index (χ3n) is 3.35. The van der Waals surface area contributed by atoms with Crippen molar-refractivity contribution in [3.8, 4) is 5.75 Å². The number of nitrogens with one attached hydrogen (secondary N) is 1. The molecule has 1 N–H and O–H groups in total. The molecule has 0 unspecified atom stereocenters. The van der Waals surface area contributed by atoms with Gasteiger partial charge in [0.2, 0.25) is 0 Å². The molecule has 0 fully saturated rings. The van der Waals surface area contributed by atoms with Crippen molar-refractivity contribution in [1.29, 1.82) is 0 Å². The molecule has 0 heterocycles. The zero-order valence-corrected chi connectivity index (χ0v) is 14.3. The smallest absolute Gasteiger partial charge is 0.452 e. The van der Waals surface area contributed by atoms with Crippen LogP contribution in [0.5, 0.6) is 5.75 Å². The lowest BCUT2D eigenvalue weighted by molar-refractivity contribution is -0.385. The lowest BCUT2D eigenvalue weighted by atomic mass is 10.1. The Morgan fingerprint density at radius 1 is 1.14 bits per heavy atom. The van der Waals surface area contributed by atoms with Gasteiger partial charge >= 0.3 is 12.3 Å². The Hall–Kier alpha value is -3.63. The number of halogens is 3. The van der Waals surface area contributed by atoms with Gasteiger partial charge in [0.05, 0.1) is 4.92 Å². The summed E-state index contributed by atoms with van der Waals surface area (Å²) in [7, 11) is 0. The summed E-state index contributed by atoms with van der Waals surface area (Å²) >= 11 is 0. The fraction of sp³-hybridized carbons (Fsp3) is 0.176. The van der Waals surface area contributed by atoms with Gasteiger partial charge in [-0.05, 0) is 37.3 Å². The summed E-state index contributed by atoms with van der Waals surface area (Å²) in [6, 6.07) is 8.39. The zero-order chi connectivity index (χ0) is 20.9. The van der Waals surface area contributed by atoms with Gasteiger partial charge in [0.1, 0.15) is 11.3 Å². The molecule has 0 saturated carbocycles. The normalized spacial score (nSPS) is 10.9. The third-order valence-corrected chi connectivity index (χ3v) is 3.35. The van der Waals surface area contributed by atoms with Crippen molar-refractivity contribution in [3.63, 3.8) is 0 Å². The number of carbonyl (C=O) groups excluding carboxylic acids is 2. The number of nitrogens with zero attached hydrogens (tertiary/aromatic N) is 1. The van der Waals surface area contributed by atoms with Crippen molar-refractivity contribution in [3.05, 3.63) is 63.7 Å². The first-order chi connectivity index (χ1) is 13.1. The Kier molecular flexibility index (Phi) is 6.18. The Bertz CT molecular complexity index is 897. The number of hydrogen-bond acceptors (Lipinski definition) is 6. The molecule has 0 atom stereocenters. The van der Waals surface area contributed by atoms with E-state index >= 15 is 0 Å². The highest BCUT2D eigenvalue weighted by molar-refractivity contribution is 5.97. The molecule has 2 aromatic rings. The monoisotopic (exact) mass is 398 g/mol. The van der Waals surface area contributed by atoms with Crippen LogP contribution in [0.3, 0.4) is 0 Å². The highest BCUT2D eigenvalue weighted by Crippen LogP contribution is 2.25. The number of rotatable bonds is 6. The van der Waals surface area contributed by atoms with Gasteiger partial charge in [-0.3, -0.25) is 14.9 Å². The average molecular weight is 398 g/mol. The molecule has 8 nitrogen and oxygen atoms in total. The van der Waals surface area contributed by atoms with Crippen molar-refractivity contribution >= 4 is 23.3 Å². The van der Waals surface area contributed by atoms with Crippen LogP contribution in [-0.2, 0) is 9.53 Å². The highest BCUT2D eigenvalue weighted by atomic mass is 19.4. The number of ether oxygens (including phenoxy) is 2. The summed E-state index contributed by atoms with van der Waals surface area (Å²) in [6.07, 6.45) is -4.84. The topological polar surface area (TPSA) is 108 Å². The average Bonchev–Trinajstić information content (AvgIpc) is 2.59. The minimum absolute atomic E-state index is 0.136. The van der Waals surface area contributed by atoms with Crippen LogP contribution in [0.15, 0.2) is 42.5 Å². The number of hydrogen-bond donors (Lipinski definition) is 1. The quantitative estimate of drug-likeness (QED) is 0.453. The minimum Gasteiger partial charge on any atom is -0.452 e. The first-order valence-electron chi connectivity index (χ1n) is 7.63. The SMILES string of the molecule is Cc1cccc(C(=O)OCC(=O)Nc2ccc(OC(F)(F)F)cc2)c1[N+](=O)[O-]. The molecule has 28 heavy (non-hydrogen) atoms. The lowest BCUT2D eigenvalue weighted by Gasteiger charge is -2.10. The first kappa shape index (κ1) is 20.7. The molecule has 0 aromatic heterocycles. The van der Waals surface area contributed by atoms with E-state index in [1.54, 1.807) is 0 Å². The van der Waals surface area contributed by atoms with Crippen LogP contribution in [0.2, 0.25) is 0 Å². The van der Waals surface area contributed by atoms with E-state index in [9.17, 15) is 32.9 Å². The third kappa shape index (κ3) is 5.69. The summed E-state index contributed by atoms with van der Waals surface area (Å²) < 4.78 is 44.7. The molecule has 2 rings (SSSR count). The van der Waals surface area contributed by atoms with E-state index in [1.807, 2.05) is 0 Å². The second-order valence-electron chi connectivity index (χ2n) is 5.42. The van der Waals surface area contributed by atoms with Crippen molar-refractivity contribution < 1.29 is 37.2 Å². The number of anilines is 1. The molecule has 11 heteroatoms. The minimum atomic E-state index is -4.84. The fourth-order valence-electron chi connectivity index (χ4n) is 2.21. The number of esters is 1. The Morgan fingerprint density at radius 3 is 2.36 bits per heavy atom. The molecule has 0 aliphatic heterocycles. The van der Waals surface area contributed by atoms with Crippen LogP contribution >= 0.6 is 0 Å². The lowest BCUT2D eigenvalue weighted by Crippen LogP contribution is -2.21. The molecule has 0 aliphatic carbocycles. The summed E-state index contributed by atoms with van der Waals surface area (Å²) in [6.45, 7) is 0.707. The van der Waals surface area contributed by atoms with Gasteiger partial charge in [-0.2, -0.15) is 0 Å². The number of aryl methyl sites for hydroxylation is 1. The van der Waals surface area contributed by atoms with Crippen LogP contribution in [0.1, 0.15) is 15.9 Å². The number of nitro benzene ring substituents is 1. The number of amides is 1. The maximum Gasteiger partial charge on any atom is 0.573 e. The summed E-state index contributed by atoms with van der Waals surface area (Å²) in [4.78, 5) is 34.2. The number of carbonyl (C=O) groups is 2. The highest BCUT2D eigenvalue weighted by Gasteiger charge is 2.31. The van der Waals surface area contributed by atoms with Gasteiger partial charge < -0.3 is 14.8 Å². The van der Waals surface area contributed by atoms with Crippen LogP contribution in [0.4, 0.5) is 24.5 Å². The second kappa shape index (κ2) is 8.37. The molecule has 2 aromatic carbocycles. The standard InChI is InChI=1S/C17H13F3N2O6/c1-10-3-2-4-13(15(10)22(25)26)16(24)27-9-14(23)21-11-5-7-12(8-6-11)28-17(18,19)20/h2-8H,9H2,1H3,(H,21,23). The first-order valence-corrected chi connectivity index (χ1v) is 7.63. The van der Waals surface area contributed by atoms with Crippen molar-refractivity contribution in [2.75, 3.05) is 11.9 Å². The predicted molar refractivity (Wildman–Crippen MR) is 89.9 cm³/mol. The molecule has 0 aliphatic rings. The Labute approximate surface area is 156 Å². The maximum atomic E-state index is 12.1.